The van der Waals surface area contributed by atoms with Gasteiger partial charge in [-0.1, -0.05) is 0 Å². The lowest BCUT2D eigenvalue weighted by Crippen LogP contribution is -2.49. The number of piperazine rings is 1. The molecular weight excluding hydrogens is 196 g/mol. The van der Waals surface area contributed by atoms with Crippen LogP contribution in [0, 0.1) is 6.92 Å². The first-order valence-corrected chi connectivity index (χ1v) is 4.79. The molecule has 2 rings (SSSR count). The van der Waals surface area contributed by atoms with Gasteiger partial charge in [0.25, 0.3) is 5.91 Å². The Labute approximate surface area is 87.0 Å². The van der Waals surface area contributed by atoms with E-state index in [0.29, 0.717) is 24.6 Å². The molecule has 0 radical (unpaired) electrons. The Kier molecular flexibility index (Phi) is 2.45. The number of carbonyl (C=O) groups excluding carboxylic acids is 2. The molecule has 0 atom stereocenters. The van der Waals surface area contributed by atoms with E-state index in [-0.39, 0.29) is 18.4 Å². The molecule has 1 aromatic heterocycles. The van der Waals surface area contributed by atoms with Gasteiger partial charge in [0, 0.05) is 13.1 Å². The third-order valence-electron chi connectivity index (χ3n) is 2.28. The first-order chi connectivity index (χ1) is 7.16. The van der Waals surface area contributed by atoms with Gasteiger partial charge < -0.3 is 14.6 Å². The van der Waals surface area contributed by atoms with Gasteiger partial charge in [-0.2, -0.15) is 0 Å². The lowest BCUT2D eigenvalue weighted by Gasteiger charge is -2.25. The predicted octanol–water partition coefficient (Wildman–Crippen LogP) is 0.160. The number of nitrogens with one attached hydrogen (secondary N) is 1. The van der Waals surface area contributed by atoms with Crippen molar-refractivity contribution in [1.29, 1.82) is 0 Å². The molecule has 0 saturated carbocycles. The van der Waals surface area contributed by atoms with Gasteiger partial charge >= 0.3 is 0 Å². The number of rotatable bonds is 1. The van der Waals surface area contributed by atoms with Crippen molar-refractivity contribution < 1.29 is 14.0 Å². The molecule has 0 aromatic carbocycles. The van der Waals surface area contributed by atoms with Gasteiger partial charge in [-0.05, 0) is 19.1 Å². The lowest BCUT2D eigenvalue weighted by atomic mass is 10.3. The Bertz CT molecular complexity index is 397. The highest BCUT2D eigenvalue weighted by molar-refractivity contribution is 5.94. The minimum atomic E-state index is -0.224. The molecule has 2 heterocycles. The minimum absolute atomic E-state index is 0.110. The van der Waals surface area contributed by atoms with Crippen LogP contribution >= 0.6 is 0 Å². The fraction of sp³-hybridized carbons (Fsp3) is 0.400. The maximum atomic E-state index is 11.8. The summed E-state index contributed by atoms with van der Waals surface area (Å²) >= 11 is 0. The third-order valence-corrected chi connectivity index (χ3v) is 2.28. The van der Waals surface area contributed by atoms with E-state index in [2.05, 4.69) is 5.32 Å². The van der Waals surface area contributed by atoms with Crippen molar-refractivity contribution in [1.82, 2.24) is 10.2 Å². The monoisotopic (exact) mass is 208 g/mol. The summed E-state index contributed by atoms with van der Waals surface area (Å²) in [6.45, 7) is 2.92. The van der Waals surface area contributed by atoms with Crippen molar-refractivity contribution in [2.75, 3.05) is 19.6 Å². The highest BCUT2D eigenvalue weighted by atomic mass is 16.3. The molecule has 0 aliphatic carbocycles. The van der Waals surface area contributed by atoms with Gasteiger partial charge in [-0.25, -0.2) is 0 Å². The minimum Gasteiger partial charge on any atom is -0.456 e. The van der Waals surface area contributed by atoms with Gasteiger partial charge in [-0.3, -0.25) is 9.59 Å². The van der Waals surface area contributed by atoms with E-state index >= 15 is 0 Å². The molecule has 1 fully saturated rings. The topological polar surface area (TPSA) is 62.6 Å². The molecule has 2 amide bonds. The van der Waals surface area contributed by atoms with Crippen molar-refractivity contribution in [3.63, 3.8) is 0 Å². The highest BCUT2D eigenvalue weighted by Crippen LogP contribution is 2.10. The summed E-state index contributed by atoms with van der Waals surface area (Å²) in [4.78, 5) is 24.4. The molecule has 5 nitrogen and oxygen atoms in total. The first-order valence-electron chi connectivity index (χ1n) is 4.79. The first kappa shape index (κ1) is 9.76. The van der Waals surface area contributed by atoms with Crippen LogP contribution in [0.15, 0.2) is 16.5 Å². The van der Waals surface area contributed by atoms with E-state index in [0.717, 1.165) is 0 Å². The Morgan fingerprint density at radius 3 is 2.93 bits per heavy atom. The smallest absolute Gasteiger partial charge is 0.290 e. The Morgan fingerprint density at radius 1 is 1.53 bits per heavy atom. The van der Waals surface area contributed by atoms with Crippen LogP contribution in [0.1, 0.15) is 16.3 Å². The van der Waals surface area contributed by atoms with Crippen LogP contribution < -0.4 is 5.32 Å². The summed E-state index contributed by atoms with van der Waals surface area (Å²) in [5.74, 6) is 0.637. The SMILES string of the molecule is Cc1ccc(C(=O)N2CCNC(=O)C2)o1. The molecule has 0 unspecified atom stereocenters. The quantitative estimate of drug-likeness (QED) is 0.715. The molecular formula is C10H12N2O3. The average Bonchev–Trinajstić information content (AvgIpc) is 2.64. The van der Waals surface area contributed by atoms with Crippen LogP contribution in [-0.4, -0.2) is 36.3 Å². The molecule has 0 spiro atoms. The van der Waals surface area contributed by atoms with Crippen molar-refractivity contribution in [3.05, 3.63) is 23.7 Å². The molecule has 1 aliphatic rings. The van der Waals surface area contributed by atoms with E-state index < -0.39 is 0 Å². The average molecular weight is 208 g/mol. The number of carbonyl (C=O) groups is 2. The molecule has 15 heavy (non-hydrogen) atoms. The molecule has 1 saturated heterocycles. The fourth-order valence-corrected chi connectivity index (χ4v) is 1.52. The number of furan rings is 1. The van der Waals surface area contributed by atoms with Crippen LogP contribution in [-0.2, 0) is 4.79 Å². The molecule has 1 N–H and O–H groups in total. The van der Waals surface area contributed by atoms with E-state index in [9.17, 15) is 9.59 Å². The number of hydrogen-bond donors (Lipinski definition) is 1. The van der Waals surface area contributed by atoms with E-state index in [4.69, 9.17) is 4.42 Å². The van der Waals surface area contributed by atoms with Crippen LogP contribution in [0.5, 0.6) is 0 Å². The Morgan fingerprint density at radius 2 is 2.33 bits per heavy atom. The van der Waals surface area contributed by atoms with Crippen LogP contribution in [0.2, 0.25) is 0 Å². The molecule has 5 heteroatoms. The summed E-state index contributed by atoms with van der Waals surface area (Å²) in [5, 5.41) is 2.66. The zero-order chi connectivity index (χ0) is 10.8. The van der Waals surface area contributed by atoms with Gasteiger partial charge in [0.05, 0.1) is 0 Å². The van der Waals surface area contributed by atoms with E-state index in [1.54, 1.807) is 19.1 Å². The van der Waals surface area contributed by atoms with Crippen molar-refractivity contribution in [2.45, 2.75) is 6.92 Å². The molecule has 1 aliphatic heterocycles. The lowest BCUT2D eigenvalue weighted by molar-refractivity contribution is -0.123. The fourth-order valence-electron chi connectivity index (χ4n) is 1.52. The number of hydrogen-bond acceptors (Lipinski definition) is 3. The van der Waals surface area contributed by atoms with Gasteiger partial charge in [0.1, 0.15) is 12.3 Å². The molecule has 0 bridgehead atoms. The predicted molar refractivity (Wildman–Crippen MR) is 52.4 cm³/mol. The molecule has 1 aromatic rings. The Balaban J connectivity index is 2.10. The standard InChI is InChI=1S/C10H12N2O3/c1-7-2-3-8(15-7)10(14)12-5-4-11-9(13)6-12/h2-3H,4-6H2,1H3,(H,11,13). The summed E-state index contributed by atoms with van der Waals surface area (Å²) in [6.07, 6.45) is 0. The summed E-state index contributed by atoms with van der Waals surface area (Å²) in [5.41, 5.74) is 0. The number of nitrogens with zero attached hydrogens (tertiary/aromatic N) is 1. The molecule has 80 valence electrons. The Hall–Kier alpha value is -1.78. The number of aryl methyl sites for hydroxylation is 1. The van der Waals surface area contributed by atoms with Crippen LogP contribution in [0.4, 0.5) is 0 Å². The zero-order valence-electron chi connectivity index (χ0n) is 8.45. The summed E-state index contributed by atoms with van der Waals surface area (Å²) in [6, 6.07) is 3.36. The van der Waals surface area contributed by atoms with Gasteiger partial charge in [0.15, 0.2) is 5.76 Å². The summed E-state index contributed by atoms with van der Waals surface area (Å²) in [7, 11) is 0. The summed E-state index contributed by atoms with van der Waals surface area (Å²) < 4.78 is 5.21. The zero-order valence-corrected chi connectivity index (χ0v) is 8.45. The van der Waals surface area contributed by atoms with Crippen LogP contribution in [0.25, 0.3) is 0 Å². The number of amides is 2. The maximum Gasteiger partial charge on any atom is 0.290 e. The largest absolute Gasteiger partial charge is 0.456 e. The van der Waals surface area contributed by atoms with Crippen molar-refractivity contribution in [2.24, 2.45) is 0 Å². The van der Waals surface area contributed by atoms with Crippen LogP contribution in [0.3, 0.4) is 0 Å². The third kappa shape index (κ3) is 2.01. The van der Waals surface area contributed by atoms with Crippen molar-refractivity contribution in [3.8, 4) is 0 Å². The van der Waals surface area contributed by atoms with E-state index in [1.807, 2.05) is 0 Å². The van der Waals surface area contributed by atoms with Gasteiger partial charge in [0.2, 0.25) is 5.91 Å². The van der Waals surface area contributed by atoms with Gasteiger partial charge in [-0.15, -0.1) is 0 Å². The second-order valence-electron chi connectivity index (χ2n) is 3.49. The second-order valence-corrected chi connectivity index (χ2v) is 3.49. The normalized spacial score (nSPS) is 16.3. The van der Waals surface area contributed by atoms with Crippen molar-refractivity contribution >= 4 is 11.8 Å². The second kappa shape index (κ2) is 3.76. The highest BCUT2D eigenvalue weighted by Gasteiger charge is 2.23. The maximum absolute atomic E-state index is 11.8. The van der Waals surface area contributed by atoms with E-state index in [1.165, 1.54) is 4.90 Å².